The number of benzene rings is 3. The number of carbonyl (C=O) groups is 2. The van der Waals surface area contributed by atoms with Gasteiger partial charge in [0.15, 0.2) is 0 Å². The Bertz CT molecular complexity index is 1280. The zero-order valence-electron chi connectivity index (χ0n) is 17.3. The fraction of sp³-hybridized carbons (Fsp3) is 0.125. The molecule has 32 heavy (non-hydrogen) atoms. The van der Waals surface area contributed by atoms with Crippen molar-refractivity contribution in [3.8, 4) is 5.69 Å². The molecular weight excluding hydrogens is 411 g/mol. The fourth-order valence-electron chi connectivity index (χ4n) is 3.43. The minimum absolute atomic E-state index is 0.135. The molecule has 3 aromatic carbocycles. The Morgan fingerprint density at radius 2 is 1.66 bits per heavy atom. The molecule has 4 aromatic rings. The Morgan fingerprint density at radius 3 is 2.34 bits per heavy atom. The lowest BCUT2D eigenvalue weighted by molar-refractivity contribution is 0.0944. The van der Waals surface area contributed by atoms with E-state index in [9.17, 15) is 14.0 Å². The van der Waals surface area contributed by atoms with Gasteiger partial charge in [-0.15, -0.1) is 0 Å². The maximum Gasteiger partial charge on any atom is 0.255 e. The molecule has 1 aromatic heterocycles. The first-order valence-corrected chi connectivity index (χ1v) is 10.0. The largest absolute Gasteiger partial charge is 0.395 e. The van der Waals surface area contributed by atoms with Crippen molar-refractivity contribution in [2.75, 3.05) is 18.5 Å². The minimum Gasteiger partial charge on any atom is -0.395 e. The van der Waals surface area contributed by atoms with Crippen molar-refractivity contribution in [2.45, 2.75) is 6.92 Å². The molecule has 0 unspecified atom stereocenters. The van der Waals surface area contributed by atoms with Crippen LogP contribution < -0.4 is 10.6 Å². The van der Waals surface area contributed by atoms with Crippen molar-refractivity contribution in [1.82, 2.24) is 14.9 Å². The molecule has 0 saturated heterocycles. The van der Waals surface area contributed by atoms with Gasteiger partial charge in [-0.05, 0) is 73.7 Å². The van der Waals surface area contributed by atoms with Crippen LogP contribution >= 0.6 is 0 Å². The minimum atomic E-state index is -0.326. The predicted molar refractivity (Wildman–Crippen MR) is 120 cm³/mol. The Balaban J connectivity index is 1.57. The van der Waals surface area contributed by atoms with Crippen LogP contribution in [0.1, 0.15) is 26.5 Å². The number of nitrogens with zero attached hydrogens (tertiary/aromatic N) is 2. The van der Waals surface area contributed by atoms with Gasteiger partial charge in [0.25, 0.3) is 11.8 Å². The van der Waals surface area contributed by atoms with Gasteiger partial charge >= 0.3 is 0 Å². The summed E-state index contributed by atoms with van der Waals surface area (Å²) in [4.78, 5) is 29.3. The van der Waals surface area contributed by atoms with Crippen molar-refractivity contribution in [2.24, 2.45) is 0 Å². The number of fused-ring (bicyclic) bond motifs is 1. The molecule has 0 saturated carbocycles. The number of aliphatic hydroxyl groups is 1. The van der Waals surface area contributed by atoms with Gasteiger partial charge < -0.3 is 15.7 Å². The quantitative estimate of drug-likeness (QED) is 0.435. The molecule has 0 fully saturated rings. The Morgan fingerprint density at radius 1 is 0.969 bits per heavy atom. The van der Waals surface area contributed by atoms with Crippen molar-refractivity contribution in [1.29, 1.82) is 0 Å². The standard InChI is InChI=1S/C24H21FN4O3/c1-15-27-21-11-4-17(14-22(21)29(15)20-9-5-18(25)6-10-20)24(32)28-19-7-2-16(3-8-19)23(31)26-12-13-30/h2-11,14,30H,12-13H2,1H3,(H,26,31)(H,28,32). The highest BCUT2D eigenvalue weighted by Gasteiger charge is 2.14. The van der Waals surface area contributed by atoms with Crippen LogP contribution in [0.3, 0.4) is 0 Å². The molecule has 1 heterocycles. The molecule has 0 aliphatic heterocycles. The van der Waals surface area contributed by atoms with Crippen molar-refractivity contribution >= 4 is 28.5 Å². The van der Waals surface area contributed by atoms with Crippen LogP contribution in [0.4, 0.5) is 10.1 Å². The van der Waals surface area contributed by atoms with Crippen LogP contribution in [0.2, 0.25) is 0 Å². The summed E-state index contributed by atoms with van der Waals surface area (Å²) >= 11 is 0. The SMILES string of the molecule is Cc1nc2ccc(C(=O)Nc3ccc(C(=O)NCCO)cc3)cc2n1-c1ccc(F)cc1. The molecule has 0 aliphatic carbocycles. The second-order valence-corrected chi connectivity index (χ2v) is 7.19. The van der Waals surface area contributed by atoms with Gasteiger partial charge in [-0.25, -0.2) is 9.37 Å². The molecule has 3 N–H and O–H groups in total. The summed E-state index contributed by atoms with van der Waals surface area (Å²) in [5.74, 6) is -0.215. The summed E-state index contributed by atoms with van der Waals surface area (Å²) in [6.45, 7) is 1.89. The maximum atomic E-state index is 13.3. The number of aryl methyl sites for hydroxylation is 1. The number of rotatable bonds is 6. The summed E-state index contributed by atoms with van der Waals surface area (Å²) in [7, 11) is 0. The van der Waals surface area contributed by atoms with Crippen LogP contribution in [-0.4, -0.2) is 39.6 Å². The average Bonchev–Trinajstić information content (AvgIpc) is 3.13. The topological polar surface area (TPSA) is 96.2 Å². The normalized spacial score (nSPS) is 10.8. The lowest BCUT2D eigenvalue weighted by atomic mass is 10.1. The summed E-state index contributed by atoms with van der Waals surface area (Å²) in [5, 5.41) is 14.2. The van der Waals surface area contributed by atoms with Gasteiger partial charge in [-0.3, -0.25) is 14.2 Å². The number of amides is 2. The monoisotopic (exact) mass is 432 g/mol. The summed E-state index contributed by atoms with van der Waals surface area (Å²) in [6, 6.07) is 17.7. The molecule has 0 spiro atoms. The average molecular weight is 432 g/mol. The van der Waals surface area contributed by atoms with E-state index in [0.717, 1.165) is 22.5 Å². The summed E-state index contributed by atoms with van der Waals surface area (Å²) < 4.78 is 15.2. The maximum absolute atomic E-state index is 13.3. The number of carbonyl (C=O) groups excluding carboxylic acids is 2. The van der Waals surface area contributed by atoms with E-state index < -0.39 is 0 Å². The first-order chi connectivity index (χ1) is 15.5. The predicted octanol–water partition coefficient (Wildman–Crippen LogP) is 3.45. The van der Waals surface area contributed by atoms with Gasteiger partial charge in [0, 0.05) is 29.0 Å². The molecule has 0 bridgehead atoms. The second kappa shape index (κ2) is 8.99. The molecule has 0 atom stereocenters. The van der Waals surface area contributed by atoms with E-state index in [4.69, 9.17) is 5.11 Å². The fourth-order valence-corrected chi connectivity index (χ4v) is 3.43. The van der Waals surface area contributed by atoms with Crippen LogP contribution in [0.5, 0.6) is 0 Å². The van der Waals surface area contributed by atoms with Gasteiger partial charge in [-0.1, -0.05) is 0 Å². The van der Waals surface area contributed by atoms with Crippen LogP contribution in [0.15, 0.2) is 66.7 Å². The Kier molecular flexibility index (Phi) is 5.96. The van der Waals surface area contributed by atoms with Crippen molar-refractivity contribution in [3.63, 3.8) is 0 Å². The number of imidazole rings is 1. The number of anilines is 1. The Hall–Kier alpha value is -4.04. The van der Waals surface area contributed by atoms with Crippen LogP contribution in [-0.2, 0) is 0 Å². The third-order valence-corrected chi connectivity index (χ3v) is 4.97. The lowest BCUT2D eigenvalue weighted by Crippen LogP contribution is -2.26. The van der Waals surface area contributed by atoms with E-state index in [1.807, 2.05) is 11.5 Å². The molecular formula is C24H21FN4O3. The summed E-state index contributed by atoms with van der Waals surface area (Å²) in [6.07, 6.45) is 0. The van der Waals surface area contributed by atoms with E-state index in [1.165, 1.54) is 12.1 Å². The number of aliphatic hydroxyl groups excluding tert-OH is 1. The van der Waals surface area contributed by atoms with Crippen molar-refractivity contribution < 1.29 is 19.1 Å². The highest BCUT2D eigenvalue weighted by molar-refractivity contribution is 6.06. The zero-order chi connectivity index (χ0) is 22.7. The van der Waals surface area contributed by atoms with Crippen LogP contribution in [0.25, 0.3) is 16.7 Å². The number of aromatic nitrogens is 2. The molecule has 8 heteroatoms. The molecule has 2 amide bonds. The van der Waals surface area contributed by atoms with E-state index >= 15 is 0 Å². The second-order valence-electron chi connectivity index (χ2n) is 7.19. The summed E-state index contributed by atoms with van der Waals surface area (Å²) in [5.41, 5.74) is 3.61. The van der Waals surface area contributed by atoms with Gasteiger partial charge in [0.05, 0.1) is 17.6 Å². The van der Waals surface area contributed by atoms with E-state index in [0.29, 0.717) is 16.8 Å². The third-order valence-electron chi connectivity index (χ3n) is 4.97. The lowest BCUT2D eigenvalue weighted by Gasteiger charge is -2.09. The van der Waals surface area contributed by atoms with E-state index in [2.05, 4.69) is 15.6 Å². The third kappa shape index (κ3) is 4.35. The zero-order valence-corrected chi connectivity index (χ0v) is 17.3. The number of halogens is 1. The smallest absolute Gasteiger partial charge is 0.255 e. The molecule has 4 rings (SSSR count). The molecule has 7 nitrogen and oxygen atoms in total. The van der Waals surface area contributed by atoms with Crippen molar-refractivity contribution in [3.05, 3.63) is 89.5 Å². The van der Waals surface area contributed by atoms with E-state index in [-0.39, 0.29) is 30.8 Å². The van der Waals surface area contributed by atoms with E-state index in [1.54, 1.807) is 54.6 Å². The highest BCUT2D eigenvalue weighted by Crippen LogP contribution is 2.23. The molecule has 0 aliphatic rings. The number of nitrogens with one attached hydrogen (secondary N) is 2. The molecule has 0 radical (unpaired) electrons. The first kappa shape index (κ1) is 21.2. The Labute approximate surface area is 183 Å². The van der Waals surface area contributed by atoms with Gasteiger partial charge in [0.2, 0.25) is 0 Å². The number of hydrogen-bond donors (Lipinski definition) is 3. The van der Waals surface area contributed by atoms with Gasteiger partial charge in [-0.2, -0.15) is 0 Å². The first-order valence-electron chi connectivity index (χ1n) is 10.0. The number of hydrogen-bond acceptors (Lipinski definition) is 4. The highest BCUT2D eigenvalue weighted by atomic mass is 19.1. The van der Waals surface area contributed by atoms with Gasteiger partial charge in [0.1, 0.15) is 11.6 Å². The molecule has 162 valence electrons. The van der Waals surface area contributed by atoms with Crippen LogP contribution in [0, 0.1) is 12.7 Å².